The average Bonchev–Trinajstić information content (AvgIpc) is 2.45. The molecule has 0 aliphatic carbocycles. The van der Waals surface area contributed by atoms with Gasteiger partial charge in [0.25, 0.3) is 0 Å². The fourth-order valence-corrected chi connectivity index (χ4v) is 2.71. The Balaban J connectivity index is 1.82. The first kappa shape index (κ1) is 16.7. The third kappa shape index (κ3) is 5.21. The molecule has 0 saturated heterocycles. The summed E-state index contributed by atoms with van der Waals surface area (Å²) in [6.07, 6.45) is -0.646. The second-order valence-corrected chi connectivity index (χ2v) is 6.41. The number of hydrogen-bond acceptors (Lipinski definition) is 3. The number of anilines is 1. The van der Waals surface area contributed by atoms with Crippen LogP contribution in [0.5, 0.6) is 5.75 Å². The van der Waals surface area contributed by atoms with Gasteiger partial charge in [0.2, 0.25) is 0 Å². The van der Waals surface area contributed by atoms with Crippen molar-refractivity contribution >= 4 is 51.5 Å². The molecule has 0 heterocycles. The van der Waals surface area contributed by atoms with E-state index in [1.807, 2.05) is 24.3 Å². The normalized spacial score (nSPS) is 12.0. The Morgan fingerprint density at radius 1 is 1.19 bits per heavy atom. The third-order valence-corrected chi connectivity index (χ3v) is 4.20. The zero-order valence-corrected chi connectivity index (χ0v) is 14.7. The molecule has 21 heavy (non-hydrogen) atoms. The number of rotatable bonds is 6. The minimum absolute atomic E-state index is 0.151. The molecule has 2 aromatic rings. The minimum Gasteiger partial charge on any atom is -0.489 e. The Labute approximate surface area is 147 Å². The highest BCUT2D eigenvalue weighted by atomic mass is 127. The van der Waals surface area contributed by atoms with E-state index in [2.05, 4.69) is 27.9 Å². The molecule has 0 spiro atoms. The second kappa shape index (κ2) is 8.08. The minimum atomic E-state index is -0.646. The van der Waals surface area contributed by atoms with Gasteiger partial charge in [-0.25, -0.2) is 0 Å². The van der Waals surface area contributed by atoms with Crippen molar-refractivity contribution in [2.45, 2.75) is 6.10 Å². The fourth-order valence-electron chi connectivity index (χ4n) is 1.67. The predicted molar refractivity (Wildman–Crippen MR) is 95.6 cm³/mol. The van der Waals surface area contributed by atoms with Gasteiger partial charge in [0.05, 0.1) is 5.02 Å². The molecule has 0 amide bonds. The molecule has 3 nitrogen and oxygen atoms in total. The zero-order valence-electron chi connectivity index (χ0n) is 11.0. The lowest BCUT2D eigenvalue weighted by molar-refractivity contribution is 0.117. The van der Waals surface area contributed by atoms with Crippen molar-refractivity contribution in [3.8, 4) is 5.75 Å². The largest absolute Gasteiger partial charge is 0.489 e. The molecular weight excluding hydrogens is 424 g/mol. The van der Waals surface area contributed by atoms with Crippen LogP contribution in [0.2, 0.25) is 10.0 Å². The maximum Gasteiger partial charge on any atom is 0.138 e. The summed E-state index contributed by atoms with van der Waals surface area (Å²) in [6.45, 7) is 0.545. The Bertz CT molecular complexity index is 610. The second-order valence-electron chi connectivity index (χ2n) is 4.40. The lowest BCUT2D eigenvalue weighted by atomic mass is 10.3. The molecule has 6 heteroatoms. The SMILES string of the molecule is OC(CNc1ccccc1I)COc1ccc(Cl)cc1Cl. The molecule has 0 aromatic heterocycles. The number of para-hydroxylation sites is 1. The number of benzene rings is 2. The maximum absolute atomic E-state index is 9.95. The molecule has 0 aliphatic rings. The number of hydrogen-bond donors (Lipinski definition) is 2. The number of aliphatic hydroxyl groups is 1. The first-order valence-corrected chi connectivity index (χ1v) is 8.14. The number of halogens is 3. The summed E-state index contributed by atoms with van der Waals surface area (Å²) < 4.78 is 6.59. The summed E-state index contributed by atoms with van der Waals surface area (Å²) >= 11 is 14.1. The molecule has 2 aromatic carbocycles. The molecule has 2 rings (SSSR count). The Kier molecular flexibility index (Phi) is 6.41. The van der Waals surface area contributed by atoms with Crippen LogP contribution in [-0.2, 0) is 0 Å². The standard InChI is InChI=1S/C15H14Cl2INO2/c16-10-5-6-15(12(17)7-10)21-9-11(20)8-19-14-4-2-1-3-13(14)18/h1-7,11,19-20H,8-9H2. The van der Waals surface area contributed by atoms with Crippen molar-refractivity contribution in [1.29, 1.82) is 0 Å². The van der Waals surface area contributed by atoms with Gasteiger partial charge in [0.15, 0.2) is 0 Å². The summed E-state index contributed by atoms with van der Waals surface area (Å²) in [4.78, 5) is 0. The van der Waals surface area contributed by atoms with Gasteiger partial charge in [-0.1, -0.05) is 35.3 Å². The summed E-state index contributed by atoms with van der Waals surface area (Å²) in [5, 5.41) is 14.1. The van der Waals surface area contributed by atoms with Gasteiger partial charge in [-0.05, 0) is 52.9 Å². The molecule has 0 radical (unpaired) electrons. The van der Waals surface area contributed by atoms with Crippen LogP contribution < -0.4 is 10.1 Å². The summed E-state index contributed by atoms with van der Waals surface area (Å²) in [6, 6.07) is 12.9. The van der Waals surface area contributed by atoms with Gasteiger partial charge in [-0.2, -0.15) is 0 Å². The maximum atomic E-state index is 9.95. The van der Waals surface area contributed by atoms with Crippen molar-refractivity contribution in [1.82, 2.24) is 0 Å². The van der Waals surface area contributed by atoms with Crippen molar-refractivity contribution in [3.05, 3.63) is 56.1 Å². The smallest absolute Gasteiger partial charge is 0.138 e. The third-order valence-electron chi connectivity index (χ3n) is 2.73. The van der Waals surface area contributed by atoms with Crippen LogP contribution >= 0.6 is 45.8 Å². The van der Waals surface area contributed by atoms with E-state index in [9.17, 15) is 5.11 Å². The van der Waals surface area contributed by atoms with Gasteiger partial charge >= 0.3 is 0 Å². The van der Waals surface area contributed by atoms with Crippen molar-refractivity contribution in [2.75, 3.05) is 18.5 Å². The highest BCUT2D eigenvalue weighted by Gasteiger charge is 2.08. The Hall–Kier alpha value is -0.690. The summed E-state index contributed by atoms with van der Waals surface area (Å²) in [7, 11) is 0. The van der Waals surface area contributed by atoms with Gasteiger partial charge in [0, 0.05) is 20.8 Å². The lowest BCUT2D eigenvalue weighted by Gasteiger charge is -2.15. The van der Waals surface area contributed by atoms with Gasteiger partial charge in [-0.3, -0.25) is 0 Å². The quantitative estimate of drug-likeness (QED) is 0.656. The zero-order chi connectivity index (χ0) is 15.2. The molecule has 112 valence electrons. The monoisotopic (exact) mass is 437 g/mol. The molecule has 0 bridgehead atoms. The number of ether oxygens (including phenoxy) is 1. The van der Waals surface area contributed by atoms with E-state index in [0.29, 0.717) is 22.3 Å². The van der Waals surface area contributed by atoms with E-state index >= 15 is 0 Å². The molecule has 0 fully saturated rings. The van der Waals surface area contributed by atoms with Crippen LogP contribution in [0.3, 0.4) is 0 Å². The molecule has 0 saturated carbocycles. The van der Waals surface area contributed by atoms with Crippen LogP contribution in [0.15, 0.2) is 42.5 Å². The molecular formula is C15H14Cl2INO2. The summed E-state index contributed by atoms with van der Waals surface area (Å²) in [5.74, 6) is 0.509. The predicted octanol–water partition coefficient (Wildman–Crippen LogP) is 4.45. The number of nitrogens with one attached hydrogen (secondary N) is 1. The van der Waals surface area contributed by atoms with Gasteiger partial charge in [0.1, 0.15) is 18.5 Å². The highest BCUT2D eigenvalue weighted by molar-refractivity contribution is 14.1. The Morgan fingerprint density at radius 2 is 1.95 bits per heavy atom. The first-order chi connectivity index (χ1) is 10.1. The van der Waals surface area contributed by atoms with E-state index in [0.717, 1.165) is 9.26 Å². The highest BCUT2D eigenvalue weighted by Crippen LogP contribution is 2.27. The Morgan fingerprint density at radius 3 is 2.67 bits per heavy atom. The van der Waals surface area contributed by atoms with Crippen molar-refractivity contribution < 1.29 is 9.84 Å². The fraction of sp³-hybridized carbons (Fsp3) is 0.200. The first-order valence-electron chi connectivity index (χ1n) is 6.30. The van der Waals surface area contributed by atoms with E-state index in [1.54, 1.807) is 18.2 Å². The molecule has 2 N–H and O–H groups in total. The van der Waals surface area contributed by atoms with Gasteiger partial charge < -0.3 is 15.2 Å². The van der Waals surface area contributed by atoms with Crippen molar-refractivity contribution in [2.24, 2.45) is 0 Å². The van der Waals surface area contributed by atoms with E-state index in [1.165, 1.54) is 0 Å². The lowest BCUT2D eigenvalue weighted by Crippen LogP contribution is -2.26. The van der Waals surface area contributed by atoms with Crippen LogP contribution in [-0.4, -0.2) is 24.4 Å². The van der Waals surface area contributed by atoms with Crippen LogP contribution in [0.4, 0.5) is 5.69 Å². The van der Waals surface area contributed by atoms with Gasteiger partial charge in [-0.15, -0.1) is 0 Å². The summed E-state index contributed by atoms with van der Waals surface area (Å²) in [5.41, 5.74) is 0.988. The van der Waals surface area contributed by atoms with Crippen LogP contribution in [0, 0.1) is 3.57 Å². The van der Waals surface area contributed by atoms with Crippen LogP contribution in [0.1, 0.15) is 0 Å². The van der Waals surface area contributed by atoms with E-state index in [4.69, 9.17) is 27.9 Å². The topological polar surface area (TPSA) is 41.5 Å². The average molecular weight is 438 g/mol. The number of aliphatic hydroxyl groups excluding tert-OH is 1. The van der Waals surface area contributed by atoms with E-state index in [-0.39, 0.29) is 6.61 Å². The van der Waals surface area contributed by atoms with Crippen LogP contribution in [0.25, 0.3) is 0 Å². The van der Waals surface area contributed by atoms with Crippen molar-refractivity contribution in [3.63, 3.8) is 0 Å². The molecule has 1 unspecified atom stereocenters. The molecule has 1 atom stereocenters. The van der Waals surface area contributed by atoms with E-state index < -0.39 is 6.10 Å². The molecule has 0 aliphatic heterocycles.